The van der Waals surface area contributed by atoms with Gasteiger partial charge in [-0.1, -0.05) is 51.1 Å². The minimum absolute atomic E-state index is 0.124. The van der Waals surface area contributed by atoms with E-state index in [0.29, 0.717) is 18.7 Å². The normalized spacial score (nSPS) is 12.2. The lowest BCUT2D eigenvalue weighted by atomic mass is 9.96. The van der Waals surface area contributed by atoms with Crippen LogP contribution in [0, 0.1) is 5.41 Å². The van der Waals surface area contributed by atoms with Crippen molar-refractivity contribution in [3.05, 3.63) is 53.9 Å². The number of alkyl halides is 3. The van der Waals surface area contributed by atoms with Gasteiger partial charge >= 0.3 is 6.18 Å². The maximum atomic E-state index is 13.1. The van der Waals surface area contributed by atoms with Crippen LogP contribution < -0.4 is 10.6 Å². The fourth-order valence-electron chi connectivity index (χ4n) is 3.27. The second kappa shape index (κ2) is 9.01. The highest BCUT2D eigenvalue weighted by Crippen LogP contribution is 2.30. The Balaban J connectivity index is 1.82. The highest BCUT2D eigenvalue weighted by Gasteiger charge is 2.33. The van der Waals surface area contributed by atoms with E-state index in [1.807, 2.05) is 37.3 Å². The summed E-state index contributed by atoms with van der Waals surface area (Å²) in [6, 6.07) is 9.62. The lowest BCUT2D eigenvalue weighted by Crippen LogP contribution is -2.28. The summed E-state index contributed by atoms with van der Waals surface area (Å²) in [6.45, 7) is 7.86. The minimum atomic E-state index is -4.54. The number of carbonyl (C=O) groups is 1. The van der Waals surface area contributed by atoms with E-state index < -0.39 is 17.2 Å². The molecule has 0 atom stereocenters. The van der Waals surface area contributed by atoms with Crippen LogP contribution in [-0.2, 0) is 24.1 Å². The number of carbonyl (C=O) groups excluding carboxylic acids is 1. The molecule has 4 aromatic rings. The topological polar surface area (TPSA) is 103 Å². The Labute approximate surface area is 199 Å². The van der Waals surface area contributed by atoms with Crippen molar-refractivity contribution < 1.29 is 18.0 Å². The number of nitrogens with zero attached hydrogens (tertiary/aromatic N) is 6. The van der Waals surface area contributed by atoms with Crippen molar-refractivity contribution >= 4 is 28.8 Å². The Morgan fingerprint density at radius 2 is 1.77 bits per heavy atom. The number of rotatable bonds is 6. The second-order valence-electron chi connectivity index (χ2n) is 8.94. The molecule has 0 aliphatic rings. The summed E-state index contributed by atoms with van der Waals surface area (Å²) in [7, 11) is 0. The molecule has 35 heavy (non-hydrogen) atoms. The molecular weight excluding hydrogens is 461 g/mol. The zero-order valence-corrected chi connectivity index (χ0v) is 19.7. The van der Waals surface area contributed by atoms with E-state index in [-0.39, 0.29) is 29.1 Å². The molecule has 0 radical (unpaired) electrons. The van der Waals surface area contributed by atoms with Gasteiger partial charge < -0.3 is 10.6 Å². The number of fused-ring (bicyclic) bond motifs is 1. The highest BCUT2D eigenvalue weighted by molar-refractivity contribution is 6.00. The Morgan fingerprint density at radius 3 is 2.37 bits per heavy atom. The van der Waals surface area contributed by atoms with Crippen molar-refractivity contribution in [1.29, 1.82) is 0 Å². The number of nitrogens with one attached hydrogen (secondary N) is 2. The van der Waals surface area contributed by atoms with Gasteiger partial charge in [0.2, 0.25) is 17.8 Å². The summed E-state index contributed by atoms with van der Waals surface area (Å²) in [5.74, 6) is 0.224. The molecule has 1 amide bonds. The van der Waals surface area contributed by atoms with E-state index in [1.165, 1.54) is 0 Å². The maximum Gasteiger partial charge on any atom is 0.419 e. The molecule has 0 spiro atoms. The predicted octanol–water partition coefficient (Wildman–Crippen LogP) is 4.65. The van der Waals surface area contributed by atoms with Crippen molar-refractivity contribution in [1.82, 2.24) is 29.3 Å². The number of halogens is 3. The number of hydrogen-bond donors (Lipinski definition) is 2. The molecule has 0 unspecified atom stereocenters. The molecule has 3 heterocycles. The molecule has 1 aromatic carbocycles. The van der Waals surface area contributed by atoms with Crippen LogP contribution in [0.5, 0.6) is 0 Å². The molecule has 0 saturated heterocycles. The molecule has 4 rings (SSSR count). The Bertz CT molecular complexity index is 1350. The summed E-state index contributed by atoms with van der Waals surface area (Å²) in [5, 5.41) is 9.78. The maximum absolute atomic E-state index is 13.1. The Hall–Kier alpha value is -3.96. The van der Waals surface area contributed by atoms with E-state index in [2.05, 4.69) is 30.7 Å². The number of amides is 1. The second-order valence-corrected chi connectivity index (χ2v) is 8.94. The van der Waals surface area contributed by atoms with Crippen LogP contribution in [0.2, 0.25) is 0 Å². The molecule has 184 valence electrons. The van der Waals surface area contributed by atoms with Crippen molar-refractivity contribution in [2.75, 3.05) is 10.6 Å². The van der Waals surface area contributed by atoms with Crippen LogP contribution in [0.3, 0.4) is 0 Å². The van der Waals surface area contributed by atoms with Gasteiger partial charge in [0.25, 0.3) is 0 Å². The van der Waals surface area contributed by atoms with Crippen LogP contribution in [0.15, 0.2) is 42.7 Å². The summed E-state index contributed by atoms with van der Waals surface area (Å²) >= 11 is 0. The van der Waals surface area contributed by atoms with Gasteiger partial charge in [-0.2, -0.15) is 28.2 Å². The third-order valence-electron chi connectivity index (χ3n) is 5.21. The van der Waals surface area contributed by atoms with E-state index in [0.717, 1.165) is 22.6 Å². The molecule has 0 bridgehead atoms. The van der Waals surface area contributed by atoms with Crippen molar-refractivity contribution in [2.45, 2.75) is 47.0 Å². The lowest BCUT2D eigenvalue weighted by Gasteiger charge is -2.17. The number of hydrogen-bond acceptors (Lipinski definition) is 6. The lowest BCUT2D eigenvalue weighted by molar-refractivity contribution is -0.137. The SMILES string of the molecule is CCn1c(-n2cc(C(F)(F)F)cn2)nc2c(NC(=O)C(C)(C)C)nc(NCc3ccccc3)nc21. The molecule has 0 aliphatic carbocycles. The minimum Gasteiger partial charge on any atom is -0.350 e. The summed E-state index contributed by atoms with van der Waals surface area (Å²) in [5.41, 5.74) is -0.0217. The monoisotopic (exact) mass is 486 g/mol. The molecule has 3 aromatic heterocycles. The number of aryl methyl sites for hydroxylation is 1. The molecule has 0 saturated carbocycles. The van der Waals surface area contributed by atoms with Gasteiger partial charge in [-0.15, -0.1) is 0 Å². The van der Waals surface area contributed by atoms with Gasteiger partial charge in [-0.25, -0.2) is 9.67 Å². The molecule has 12 heteroatoms. The zero-order valence-electron chi connectivity index (χ0n) is 19.7. The first-order chi connectivity index (χ1) is 16.5. The van der Waals surface area contributed by atoms with E-state index in [1.54, 1.807) is 25.3 Å². The molecule has 9 nitrogen and oxygen atoms in total. The number of anilines is 2. The quantitative estimate of drug-likeness (QED) is 0.411. The third-order valence-corrected chi connectivity index (χ3v) is 5.21. The molecular formula is C23H25F3N8O. The Kier molecular flexibility index (Phi) is 6.22. The van der Waals surface area contributed by atoms with E-state index >= 15 is 0 Å². The molecule has 0 aliphatic heterocycles. The van der Waals surface area contributed by atoms with Gasteiger partial charge in [0.15, 0.2) is 17.0 Å². The summed E-state index contributed by atoms with van der Waals surface area (Å²) < 4.78 is 42.1. The predicted molar refractivity (Wildman–Crippen MR) is 125 cm³/mol. The van der Waals surface area contributed by atoms with Crippen molar-refractivity contribution in [2.24, 2.45) is 5.41 Å². The van der Waals surface area contributed by atoms with Gasteiger partial charge in [-0.3, -0.25) is 9.36 Å². The van der Waals surface area contributed by atoms with Crippen LogP contribution >= 0.6 is 0 Å². The summed E-state index contributed by atoms with van der Waals surface area (Å²) in [4.78, 5) is 26.2. The fourth-order valence-corrected chi connectivity index (χ4v) is 3.27. The number of aromatic nitrogens is 6. The zero-order chi connectivity index (χ0) is 25.4. The van der Waals surface area contributed by atoms with Crippen LogP contribution in [0.25, 0.3) is 17.1 Å². The van der Waals surface area contributed by atoms with Gasteiger partial charge in [0.1, 0.15) is 0 Å². The van der Waals surface area contributed by atoms with Crippen LogP contribution in [0.4, 0.5) is 24.9 Å². The third kappa shape index (κ3) is 5.10. The first-order valence-corrected chi connectivity index (χ1v) is 11.0. The van der Waals surface area contributed by atoms with E-state index in [9.17, 15) is 18.0 Å². The average molecular weight is 487 g/mol. The molecule has 0 fully saturated rings. The van der Waals surface area contributed by atoms with Gasteiger partial charge in [0, 0.05) is 24.7 Å². The largest absolute Gasteiger partial charge is 0.419 e. The fraction of sp³-hybridized carbons (Fsp3) is 0.348. The number of imidazole rings is 1. The Morgan fingerprint density at radius 1 is 1.06 bits per heavy atom. The van der Waals surface area contributed by atoms with Crippen molar-refractivity contribution in [3.8, 4) is 5.95 Å². The van der Waals surface area contributed by atoms with Crippen LogP contribution in [0.1, 0.15) is 38.8 Å². The number of benzene rings is 1. The van der Waals surface area contributed by atoms with E-state index in [4.69, 9.17) is 0 Å². The van der Waals surface area contributed by atoms with Crippen LogP contribution in [-0.4, -0.2) is 35.2 Å². The van der Waals surface area contributed by atoms with Gasteiger partial charge in [-0.05, 0) is 12.5 Å². The van der Waals surface area contributed by atoms with Gasteiger partial charge in [0.05, 0.1) is 11.8 Å². The summed E-state index contributed by atoms with van der Waals surface area (Å²) in [6.07, 6.45) is -2.94. The van der Waals surface area contributed by atoms with Crippen molar-refractivity contribution in [3.63, 3.8) is 0 Å². The highest BCUT2D eigenvalue weighted by atomic mass is 19.4. The molecule has 2 N–H and O–H groups in total. The first kappa shape index (κ1) is 24.2. The average Bonchev–Trinajstić information content (AvgIpc) is 3.42. The standard InChI is InChI=1S/C23H25F3N8O/c1-5-33-18-16(29-21(33)34-13-15(12-28-34)23(24,25)26)17(30-19(35)22(2,3)4)31-20(32-18)27-11-14-9-7-6-8-10-14/h6-10,12-13H,5,11H2,1-4H3,(H2,27,30,31,32,35). The smallest absolute Gasteiger partial charge is 0.350 e. The first-order valence-electron chi connectivity index (χ1n) is 11.0.